The first-order chi connectivity index (χ1) is 9.06. The Kier molecular flexibility index (Phi) is 2.56. The minimum Gasteiger partial charge on any atom is -0.456 e. The molecule has 1 heterocycles. The maximum atomic E-state index is 14.0. The number of rotatable bonds is 1. The van der Waals surface area contributed by atoms with Gasteiger partial charge >= 0.3 is 0 Å². The molecule has 96 valence electrons. The highest BCUT2D eigenvalue weighted by atomic mass is 19.1. The molecule has 0 amide bonds. The summed E-state index contributed by atoms with van der Waals surface area (Å²) < 4.78 is 19.8. The first kappa shape index (κ1) is 11.8. The van der Waals surface area contributed by atoms with Crippen LogP contribution in [0.25, 0.3) is 22.3 Å². The van der Waals surface area contributed by atoms with Crippen molar-refractivity contribution in [3.8, 4) is 11.3 Å². The Bertz CT molecular complexity index is 774. The third kappa shape index (κ3) is 1.87. The fourth-order valence-electron chi connectivity index (χ4n) is 2.22. The molecule has 0 aliphatic carbocycles. The maximum absolute atomic E-state index is 14.0. The van der Waals surface area contributed by atoms with Crippen LogP contribution in [0.2, 0.25) is 0 Å². The maximum Gasteiger partial charge on any atom is 0.138 e. The fraction of sp³-hybridized carbons (Fsp3) is 0.125. The summed E-state index contributed by atoms with van der Waals surface area (Å²) in [6, 6.07) is 10.8. The van der Waals surface area contributed by atoms with Crippen molar-refractivity contribution in [3.05, 3.63) is 53.3 Å². The van der Waals surface area contributed by atoms with Gasteiger partial charge in [-0.3, -0.25) is 0 Å². The number of halogens is 1. The molecule has 0 radical (unpaired) electrons. The predicted octanol–water partition coefficient (Wildman–Crippen LogP) is 4.44. The van der Waals surface area contributed by atoms with E-state index in [9.17, 15) is 4.39 Å². The molecule has 19 heavy (non-hydrogen) atoms. The quantitative estimate of drug-likeness (QED) is 0.653. The normalized spacial score (nSPS) is 11.1. The zero-order valence-electron chi connectivity index (χ0n) is 10.8. The van der Waals surface area contributed by atoms with E-state index in [0.29, 0.717) is 17.0 Å². The van der Waals surface area contributed by atoms with E-state index in [0.717, 1.165) is 22.1 Å². The van der Waals surface area contributed by atoms with Crippen LogP contribution in [0.3, 0.4) is 0 Å². The topological polar surface area (TPSA) is 39.2 Å². The number of fused-ring (bicyclic) bond motifs is 1. The fourth-order valence-corrected chi connectivity index (χ4v) is 2.22. The van der Waals surface area contributed by atoms with E-state index in [1.165, 1.54) is 6.07 Å². The van der Waals surface area contributed by atoms with Crippen molar-refractivity contribution in [3.63, 3.8) is 0 Å². The van der Waals surface area contributed by atoms with Crippen LogP contribution in [0.4, 0.5) is 10.1 Å². The second-order valence-corrected chi connectivity index (χ2v) is 4.79. The van der Waals surface area contributed by atoms with Crippen LogP contribution in [0, 0.1) is 19.7 Å². The van der Waals surface area contributed by atoms with Gasteiger partial charge in [0.1, 0.15) is 17.2 Å². The number of hydrogen-bond acceptors (Lipinski definition) is 2. The van der Waals surface area contributed by atoms with Crippen molar-refractivity contribution in [1.29, 1.82) is 0 Å². The first-order valence-electron chi connectivity index (χ1n) is 6.11. The molecular weight excluding hydrogens is 241 g/mol. The van der Waals surface area contributed by atoms with Crippen molar-refractivity contribution in [2.75, 3.05) is 5.73 Å². The molecule has 0 aliphatic heterocycles. The molecule has 2 nitrogen and oxygen atoms in total. The highest BCUT2D eigenvalue weighted by molar-refractivity contribution is 5.85. The van der Waals surface area contributed by atoms with Gasteiger partial charge in [-0.25, -0.2) is 4.39 Å². The molecule has 3 aromatic rings. The molecule has 2 N–H and O–H groups in total. The summed E-state index contributed by atoms with van der Waals surface area (Å²) in [5.41, 5.74) is 9.36. The predicted molar refractivity (Wildman–Crippen MR) is 75.5 cm³/mol. The SMILES string of the molecule is Cc1cc(F)c(-c2cc3cccc(C)c3o2)cc1N. The smallest absolute Gasteiger partial charge is 0.138 e. The number of anilines is 1. The molecule has 0 fully saturated rings. The van der Waals surface area contributed by atoms with E-state index in [-0.39, 0.29) is 5.82 Å². The second-order valence-electron chi connectivity index (χ2n) is 4.79. The lowest BCUT2D eigenvalue weighted by atomic mass is 10.1. The van der Waals surface area contributed by atoms with Gasteiger partial charge in [-0.05, 0) is 43.2 Å². The summed E-state index contributed by atoms with van der Waals surface area (Å²) in [4.78, 5) is 0. The molecule has 3 heteroatoms. The molecule has 1 aromatic heterocycles. The first-order valence-corrected chi connectivity index (χ1v) is 6.11. The Balaban J connectivity index is 2.25. The highest BCUT2D eigenvalue weighted by Gasteiger charge is 2.13. The van der Waals surface area contributed by atoms with E-state index in [2.05, 4.69) is 0 Å². The van der Waals surface area contributed by atoms with E-state index in [1.807, 2.05) is 31.2 Å². The number of para-hydroxylation sites is 1. The summed E-state index contributed by atoms with van der Waals surface area (Å²) in [6.45, 7) is 3.75. The average molecular weight is 255 g/mol. The zero-order valence-corrected chi connectivity index (χ0v) is 10.8. The number of furan rings is 1. The van der Waals surface area contributed by atoms with Gasteiger partial charge in [-0.1, -0.05) is 18.2 Å². The molecule has 0 saturated carbocycles. The Morgan fingerprint density at radius 3 is 2.58 bits per heavy atom. The van der Waals surface area contributed by atoms with Crippen LogP contribution in [0.5, 0.6) is 0 Å². The zero-order chi connectivity index (χ0) is 13.6. The van der Waals surface area contributed by atoms with Gasteiger partial charge in [-0.2, -0.15) is 0 Å². The lowest BCUT2D eigenvalue weighted by Gasteiger charge is -2.04. The van der Waals surface area contributed by atoms with Gasteiger partial charge in [-0.15, -0.1) is 0 Å². The molecular formula is C16H14FNO. The van der Waals surface area contributed by atoms with Crippen LogP contribution in [0.1, 0.15) is 11.1 Å². The summed E-state index contributed by atoms with van der Waals surface area (Å²) in [5.74, 6) is 0.192. The summed E-state index contributed by atoms with van der Waals surface area (Å²) in [5, 5.41) is 0.966. The number of nitrogens with two attached hydrogens (primary N) is 1. The molecule has 3 rings (SSSR count). The standard InChI is InChI=1S/C16H14FNO/c1-9-4-3-5-11-7-15(19-16(9)11)12-8-14(18)10(2)6-13(12)17/h3-8H,18H2,1-2H3. The summed E-state index contributed by atoms with van der Waals surface area (Å²) >= 11 is 0. The van der Waals surface area contributed by atoms with Gasteiger partial charge in [0.25, 0.3) is 0 Å². The summed E-state index contributed by atoms with van der Waals surface area (Å²) in [7, 11) is 0. The molecule has 2 aromatic carbocycles. The van der Waals surface area contributed by atoms with Gasteiger partial charge in [0.2, 0.25) is 0 Å². The molecule has 0 saturated heterocycles. The van der Waals surface area contributed by atoms with E-state index in [4.69, 9.17) is 10.2 Å². The van der Waals surface area contributed by atoms with E-state index in [1.54, 1.807) is 13.0 Å². The highest BCUT2D eigenvalue weighted by Crippen LogP contribution is 2.33. The van der Waals surface area contributed by atoms with Crippen LogP contribution in [-0.2, 0) is 0 Å². The monoisotopic (exact) mass is 255 g/mol. The number of hydrogen-bond donors (Lipinski definition) is 1. The lowest BCUT2D eigenvalue weighted by Crippen LogP contribution is -1.93. The van der Waals surface area contributed by atoms with Crippen molar-refractivity contribution >= 4 is 16.7 Å². The molecule has 0 atom stereocenters. The minimum absolute atomic E-state index is 0.316. The number of nitrogen functional groups attached to an aromatic ring is 1. The van der Waals surface area contributed by atoms with Gasteiger partial charge in [0.15, 0.2) is 0 Å². The van der Waals surface area contributed by atoms with Gasteiger partial charge in [0.05, 0.1) is 5.56 Å². The van der Waals surface area contributed by atoms with E-state index < -0.39 is 0 Å². The van der Waals surface area contributed by atoms with Crippen molar-refractivity contribution < 1.29 is 8.81 Å². The van der Waals surface area contributed by atoms with Crippen LogP contribution < -0.4 is 5.73 Å². The second kappa shape index (κ2) is 4.12. The average Bonchev–Trinajstić information content (AvgIpc) is 2.79. The van der Waals surface area contributed by atoms with Crippen LogP contribution in [-0.4, -0.2) is 0 Å². The number of benzene rings is 2. The van der Waals surface area contributed by atoms with Gasteiger partial charge < -0.3 is 10.2 Å². The Hall–Kier alpha value is -2.29. The van der Waals surface area contributed by atoms with Gasteiger partial charge in [0, 0.05) is 11.1 Å². The van der Waals surface area contributed by atoms with Crippen molar-refractivity contribution in [2.24, 2.45) is 0 Å². The molecule has 0 bridgehead atoms. The third-order valence-electron chi connectivity index (χ3n) is 3.36. The lowest BCUT2D eigenvalue weighted by molar-refractivity contribution is 0.600. The van der Waals surface area contributed by atoms with Crippen molar-refractivity contribution in [2.45, 2.75) is 13.8 Å². The van der Waals surface area contributed by atoms with E-state index >= 15 is 0 Å². The molecule has 0 aliphatic rings. The third-order valence-corrected chi connectivity index (χ3v) is 3.36. The van der Waals surface area contributed by atoms with Crippen molar-refractivity contribution in [1.82, 2.24) is 0 Å². The molecule has 0 spiro atoms. The minimum atomic E-state index is -0.316. The molecule has 0 unspecified atom stereocenters. The Morgan fingerprint density at radius 1 is 1.05 bits per heavy atom. The largest absolute Gasteiger partial charge is 0.456 e. The number of aryl methyl sites for hydroxylation is 2. The Morgan fingerprint density at radius 2 is 1.84 bits per heavy atom. The Labute approximate surface area is 110 Å². The van der Waals surface area contributed by atoms with Crippen LogP contribution >= 0.6 is 0 Å². The van der Waals surface area contributed by atoms with Crippen LogP contribution in [0.15, 0.2) is 40.8 Å². The summed E-state index contributed by atoms with van der Waals surface area (Å²) in [6.07, 6.45) is 0.